The highest BCUT2D eigenvalue weighted by molar-refractivity contribution is 5.96. The van der Waals surface area contributed by atoms with Crippen molar-refractivity contribution >= 4 is 5.84 Å². The topological polar surface area (TPSA) is 83.5 Å². The second kappa shape index (κ2) is 6.02. The zero-order chi connectivity index (χ0) is 14.8. The van der Waals surface area contributed by atoms with Crippen LogP contribution in [0.3, 0.4) is 0 Å². The van der Waals surface area contributed by atoms with Gasteiger partial charge < -0.3 is 16.3 Å². The van der Waals surface area contributed by atoms with Crippen molar-refractivity contribution in [1.29, 1.82) is 0 Å². The molecule has 0 spiro atoms. The van der Waals surface area contributed by atoms with Gasteiger partial charge in [0.2, 0.25) is 0 Å². The lowest BCUT2D eigenvalue weighted by Gasteiger charge is -2.28. The van der Waals surface area contributed by atoms with Crippen LogP contribution in [0.1, 0.15) is 43.9 Å². The Labute approximate surface area is 125 Å². The van der Waals surface area contributed by atoms with E-state index in [-0.39, 0.29) is 5.84 Å². The molecule has 2 aliphatic carbocycles. The molecule has 2 aliphatic rings. The molecular formula is C16H24N4O. The van der Waals surface area contributed by atoms with Gasteiger partial charge in [-0.2, -0.15) is 0 Å². The van der Waals surface area contributed by atoms with Crippen molar-refractivity contribution < 1.29 is 5.21 Å². The summed E-state index contributed by atoms with van der Waals surface area (Å²) in [7, 11) is 0. The van der Waals surface area contributed by atoms with E-state index in [0.29, 0.717) is 18.3 Å². The van der Waals surface area contributed by atoms with Gasteiger partial charge >= 0.3 is 0 Å². The lowest BCUT2D eigenvalue weighted by Crippen LogP contribution is -2.36. The summed E-state index contributed by atoms with van der Waals surface area (Å²) in [5.74, 6) is 2.75. The normalized spacial score (nSPS) is 29.8. The predicted octanol–water partition coefficient (Wildman–Crippen LogP) is 2.09. The fourth-order valence-electron chi connectivity index (χ4n) is 4.19. The Morgan fingerprint density at radius 3 is 3.05 bits per heavy atom. The van der Waals surface area contributed by atoms with Gasteiger partial charge in [0.25, 0.3) is 0 Å². The van der Waals surface area contributed by atoms with Gasteiger partial charge in [0, 0.05) is 18.8 Å². The smallest absolute Gasteiger partial charge is 0.189 e. The third-order valence-corrected chi connectivity index (χ3v) is 5.29. The van der Waals surface area contributed by atoms with Gasteiger partial charge in [-0.3, -0.25) is 4.98 Å². The Hall–Kier alpha value is -1.62. The Morgan fingerprint density at radius 1 is 1.52 bits per heavy atom. The fraction of sp³-hybridized carbons (Fsp3) is 0.625. The van der Waals surface area contributed by atoms with Crippen LogP contribution < -0.4 is 11.1 Å². The minimum Gasteiger partial charge on any atom is -0.409 e. The molecule has 4 N–H and O–H groups in total. The van der Waals surface area contributed by atoms with Crippen molar-refractivity contribution in [2.45, 2.75) is 45.2 Å². The van der Waals surface area contributed by atoms with Crippen molar-refractivity contribution in [2.24, 2.45) is 28.6 Å². The lowest BCUT2D eigenvalue weighted by molar-refractivity contribution is 0.259. The number of pyridine rings is 1. The molecule has 2 bridgehead atoms. The van der Waals surface area contributed by atoms with E-state index < -0.39 is 0 Å². The highest BCUT2D eigenvalue weighted by Crippen LogP contribution is 2.49. The largest absolute Gasteiger partial charge is 0.409 e. The fourth-order valence-corrected chi connectivity index (χ4v) is 4.19. The van der Waals surface area contributed by atoms with E-state index in [2.05, 4.69) is 22.4 Å². The molecule has 21 heavy (non-hydrogen) atoms. The van der Waals surface area contributed by atoms with Crippen LogP contribution in [0.4, 0.5) is 0 Å². The van der Waals surface area contributed by atoms with E-state index >= 15 is 0 Å². The average Bonchev–Trinajstić information content (AvgIpc) is 3.15. The first kappa shape index (κ1) is 14.3. The number of amidine groups is 1. The molecule has 114 valence electrons. The van der Waals surface area contributed by atoms with E-state index in [0.717, 1.165) is 23.3 Å². The highest BCUT2D eigenvalue weighted by Gasteiger charge is 2.41. The Morgan fingerprint density at radius 2 is 2.38 bits per heavy atom. The summed E-state index contributed by atoms with van der Waals surface area (Å²) < 4.78 is 0. The van der Waals surface area contributed by atoms with Gasteiger partial charge in [0.15, 0.2) is 5.84 Å². The number of oxime groups is 1. The number of nitrogens with zero attached hydrogens (tertiary/aromatic N) is 2. The van der Waals surface area contributed by atoms with E-state index in [1.54, 1.807) is 6.20 Å². The maximum atomic E-state index is 8.84. The number of fused-ring (bicyclic) bond motifs is 2. The SMILES string of the molecule is CC(NCc1cccnc1C(N)=NO)C1CC2CCC1C2. The minimum absolute atomic E-state index is 0.0694. The first-order valence-corrected chi connectivity index (χ1v) is 7.84. The quantitative estimate of drug-likeness (QED) is 0.335. The Bertz CT molecular complexity index is 531. The Balaban J connectivity index is 1.63. The molecule has 1 heterocycles. The van der Waals surface area contributed by atoms with Crippen molar-refractivity contribution in [3.05, 3.63) is 29.6 Å². The molecule has 1 aromatic rings. The van der Waals surface area contributed by atoms with Crippen LogP contribution >= 0.6 is 0 Å². The summed E-state index contributed by atoms with van der Waals surface area (Å²) >= 11 is 0. The van der Waals surface area contributed by atoms with Crippen LogP contribution in [0.2, 0.25) is 0 Å². The lowest BCUT2D eigenvalue weighted by atomic mass is 9.84. The third kappa shape index (κ3) is 2.88. The van der Waals surface area contributed by atoms with Gasteiger partial charge in [0.05, 0.1) is 0 Å². The summed E-state index contributed by atoms with van der Waals surface area (Å²) in [6.07, 6.45) is 7.31. The molecule has 4 unspecified atom stereocenters. The third-order valence-electron chi connectivity index (χ3n) is 5.29. The van der Waals surface area contributed by atoms with Crippen molar-refractivity contribution in [2.75, 3.05) is 0 Å². The summed E-state index contributed by atoms with van der Waals surface area (Å²) in [6, 6.07) is 4.36. The molecule has 0 radical (unpaired) electrons. The molecule has 4 atom stereocenters. The molecule has 2 saturated carbocycles. The average molecular weight is 288 g/mol. The molecule has 3 rings (SSSR count). The van der Waals surface area contributed by atoms with Crippen LogP contribution in [-0.4, -0.2) is 22.1 Å². The maximum Gasteiger partial charge on any atom is 0.189 e. The van der Waals surface area contributed by atoms with Crippen LogP contribution in [0, 0.1) is 17.8 Å². The first-order chi connectivity index (χ1) is 10.2. The molecule has 0 aromatic carbocycles. The van der Waals surface area contributed by atoms with E-state index in [9.17, 15) is 0 Å². The number of nitrogens with one attached hydrogen (secondary N) is 1. The zero-order valence-electron chi connectivity index (χ0n) is 12.5. The van der Waals surface area contributed by atoms with Crippen LogP contribution in [0.5, 0.6) is 0 Å². The maximum absolute atomic E-state index is 8.84. The van der Waals surface area contributed by atoms with E-state index in [1.165, 1.54) is 25.7 Å². The van der Waals surface area contributed by atoms with Gasteiger partial charge in [-0.25, -0.2) is 0 Å². The number of nitrogens with two attached hydrogens (primary N) is 1. The highest BCUT2D eigenvalue weighted by atomic mass is 16.4. The summed E-state index contributed by atoms with van der Waals surface area (Å²) in [5, 5.41) is 15.5. The van der Waals surface area contributed by atoms with Crippen LogP contribution in [0.25, 0.3) is 0 Å². The van der Waals surface area contributed by atoms with Gasteiger partial charge in [-0.15, -0.1) is 0 Å². The molecule has 5 nitrogen and oxygen atoms in total. The summed E-state index contributed by atoms with van der Waals surface area (Å²) in [5.41, 5.74) is 7.22. The van der Waals surface area contributed by atoms with Gasteiger partial charge in [-0.1, -0.05) is 17.6 Å². The van der Waals surface area contributed by atoms with Crippen molar-refractivity contribution in [1.82, 2.24) is 10.3 Å². The van der Waals surface area contributed by atoms with Crippen LogP contribution in [0.15, 0.2) is 23.5 Å². The molecular weight excluding hydrogens is 264 g/mol. The predicted molar refractivity (Wildman–Crippen MR) is 82.0 cm³/mol. The molecule has 0 aliphatic heterocycles. The zero-order valence-corrected chi connectivity index (χ0v) is 12.5. The number of hydrogen-bond acceptors (Lipinski definition) is 4. The molecule has 1 aromatic heterocycles. The number of aromatic nitrogens is 1. The van der Waals surface area contributed by atoms with Gasteiger partial charge in [0.1, 0.15) is 5.69 Å². The monoisotopic (exact) mass is 288 g/mol. The molecule has 0 saturated heterocycles. The molecule has 5 heteroatoms. The first-order valence-electron chi connectivity index (χ1n) is 7.84. The van der Waals surface area contributed by atoms with E-state index in [1.807, 2.05) is 12.1 Å². The number of hydrogen-bond donors (Lipinski definition) is 3. The standard InChI is InChI=1S/C16H24N4O/c1-10(14-8-11-4-5-12(14)7-11)19-9-13-3-2-6-18-15(13)16(17)20-21/h2-3,6,10-12,14,19,21H,4-5,7-9H2,1H3,(H2,17,20). The second-order valence-electron chi connectivity index (χ2n) is 6.50. The Kier molecular flexibility index (Phi) is 4.10. The van der Waals surface area contributed by atoms with Crippen LogP contribution in [-0.2, 0) is 6.54 Å². The van der Waals surface area contributed by atoms with Crippen molar-refractivity contribution in [3.63, 3.8) is 0 Å². The van der Waals surface area contributed by atoms with Crippen molar-refractivity contribution in [3.8, 4) is 0 Å². The molecule has 0 amide bonds. The number of rotatable bonds is 5. The second-order valence-corrected chi connectivity index (χ2v) is 6.50. The minimum atomic E-state index is 0.0694. The molecule has 2 fully saturated rings. The van der Waals surface area contributed by atoms with E-state index in [4.69, 9.17) is 10.9 Å². The van der Waals surface area contributed by atoms with Gasteiger partial charge in [-0.05, 0) is 55.6 Å². The summed E-state index contributed by atoms with van der Waals surface area (Å²) in [6.45, 7) is 2.99. The summed E-state index contributed by atoms with van der Waals surface area (Å²) in [4.78, 5) is 4.21.